The van der Waals surface area contributed by atoms with E-state index in [1.165, 1.54) is 36.4 Å². The number of imide groups is 1. The highest BCUT2D eigenvalue weighted by molar-refractivity contribution is 6.22. The fraction of sp³-hybridized carbons (Fsp3) is 0.263. The van der Waals surface area contributed by atoms with Crippen molar-refractivity contribution in [1.82, 2.24) is 9.88 Å². The minimum atomic E-state index is -0.400. The summed E-state index contributed by atoms with van der Waals surface area (Å²) >= 11 is 0. The molecule has 140 valence electrons. The quantitative estimate of drug-likeness (QED) is 0.592. The summed E-state index contributed by atoms with van der Waals surface area (Å²) in [5, 5.41) is 2.70. The first-order chi connectivity index (χ1) is 13.0. The molecule has 8 nitrogen and oxygen atoms in total. The second-order valence-electron chi connectivity index (χ2n) is 5.91. The van der Waals surface area contributed by atoms with Crippen LogP contribution in [0.3, 0.4) is 0 Å². The first kappa shape index (κ1) is 18.5. The van der Waals surface area contributed by atoms with E-state index in [1.807, 2.05) is 0 Å². The number of pyridine rings is 1. The lowest BCUT2D eigenvalue weighted by atomic mass is 10.1. The third kappa shape index (κ3) is 3.80. The number of hydrogen-bond acceptors (Lipinski definition) is 6. The second-order valence-corrected chi connectivity index (χ2v) is 5.91. The summed E-state index contributed by atoms with van der Waals surface area (Å²) in [4.78, 5) is 42.5. The zero-order valence-electron chi connectivity index (χ0n) is 15.0. The van der Waals surface area contributed by atoms with Crippen LogP contribution in [0, 0.1) is 0 Å². The fourth-order valence-electron chi connectivity index (χ4n) is 2.78. The molecule has 1 aliphatic rings. The second kappa shape index (κ2) is 7.96. The van der Waals surface area contributed by atoms with Crippen molar-refractivity contribution in [2.45, 2.75) is 6.42 Å². The van der Waals surface area contributed by atoms with Crippen LogP contribution in [-0.2, 0) is 4.74 Å². The molecule has 3 amide bonds. The number of amides is 3. The fourth-order valence-corrected chi connectivity index (χ4v) is 2.78. The van der Waals surface area contributed by atoms with Gasteiger partial charge in [0.05, 0.1) is 30.1 Å². The highest BCUT2D eigenvalue weighted by atomic mass is 16.5. The molecule has 1 aromatic carbocycles. The molecule has 2 aromatic rings. The van der Waals surface area contributed by atoms with Gasteiger partial charge in [0.15, 0.2) is 0 Å². The lowest BCUT2D eigenvalue weighted by Crippen LogP contribution is -2.31. The average molecular weight is 369 g/mol. The predicted octanol–water partition coefficient (Wildman–Crippen LogP) is 1.98. The van der Waals surface area contributed by atoms with Crippen LogP contribution in [0.1, 0.15) is 37.5 Å². The molecule has 1 aromatic heterocycles. The number of aromatic nitrogens is 1. The number of carbonyl (C=O) groups excluding carboxylic acids is 3. The summed E-state index contributed by atoms with van der Waals surface area (Å²) in [6.45, 7) is 0.732. The molecule has 2 heterocycles. The summed E-state index contributed by atoms with van der Waals surface area (Å²) in [6.07, 6.45) is 2.02. The summed E-state index contributed by atoms with van der Waals surface area (Å²) in [6, 6.07) is 7.75. The van der Waals surface area contributed by atoms with Crippen LogP contribution in [0.15, 0.2) is 36.5 Å². The van der Waals surface area contributed by atoms with Gasteiger partial charge in [-0.1, -0.05) is 0 Å². The van der Waals surface area contributed by atoms with Gasteiger partial charge in [-0.25, -0.2) is 4.98 Å². The van der Waals surface area contributed by atoms with Crippen LogP contribution in [0.5, 0.6) is 5.88 Å². The highest BCUT2D eigenvalue weighted by Crippen LogP contribution is 2.24. The number of benzene rings is 1. The van der Waals surface area contributed by atoms with Crippen molar-refractivity contribution in [3.8, 4) is 5.88 Å². The van der Waals surface area contributed by atoms with Crippen molar-refractivity contribution in [2.24, 2.45) is 0 Å². The molecule has 0 saturated carbocycles. The first-order valence-corrected chi connectivity index (χ1v) is 8.35. The Labute approximate surface area is 156 Å². The van der Waals surface area contributed by atoms with Gasteiger partial charge in [-0.05, 0) is 30.7 Å². The lowest BCUT2D eigenvalue weighted by molar-refractivity contribution is 0.0638. The molecule has 1 aliphatic heterocycles. The molecule has 0 saturated heterocycles. The standard InChI is InChI=1S/C19H19N3O5/c1-26-9-3-8-22-18(24)14-6-4-12(10-15(14)19(22)25)17(23)21-13-5-7-16(27-2)20-11-13/h4-7,10-11H,3,8-9H2,1-2H3,(H,21,23). The highest BCUT2D eigenvalue weighted by Gasteiger charge is 2.35. The van der Waals surface area contributed by atoms with Gasteiger partial charge in [-0.2, -0.15) is 0 Å². The third-order valence-corrected chi connectivity index (χ3v) is 4.17. The van der Waals surface area contributed by atoms with Crippen LogP contribution in [0.25, 0.3) is 0 Å². The van der Waals surface area contributed by atoms with E-state index in [2.05, 4.69) is 10.3 Å². The number of anilines is 1. The molecule has 3 rings (SSSR count). The van der Waals surface area contributed by atoms with Crippen molar-refractivity contribution < 1.29 is 23.9 Å². The summed E-state index contributed by atoms with van der Waals surface area (Å²) in [5.74, 6) is -0.713. The van der Waals surface area contributed by atoms with Gasteiger partial charge in [0.25, 0.3) is 17.7 Å². The number of methoxy groups -OCH3 is 2. The summed E-state index contributed by atoms with van der Waals surface area (Å²) in [5.41, 5.74) is 1.31. The maximum atomic E-state index is 12.5. The van der Waals surface area contributed by atoms with E-state index in [9.17, 15) is 14.4 Å². The number of nitrogens with one attached hydrogen (secondary N) is 1. The van der Waals surface area contributed by atoms with Crippen molar-refractivity contribution in [3.63, 3.8) is 0 Å². The van der Waals surface area contributed by atoms with Crippen molar-refractivity contribution >= 4 is 23.4 Å². The maximum Gasteiger partial charge on any atom is 0.261 e. The Morgan fingerprint density at radius 3 is 2.56 bits per heavy atom. The predicted molar refractivity (Wildman–Crippen MR) is 97.0 cm³/mol. The van der Waals surface area contributed by atoms with Gasteiger partial charge >= 0.3 is 0 Å². The van der Waals surface area contributed by atoms with Gasteiger partial charge in [0.1, 0.15) is 0 Å². The Kier molecular flexibility index (Phi) is 5.46. The number of rotatable bonds is 7. The summed E-state index contributed by atoms with van der Waals surface area (Å²) < 4.78 is 9.93. The molecule has 1 N–H and O–H groups in total. The Morgan fingerprint density at radius 2 is 1.89 bits per heavy atom. The number of fused-ring (bicyclic) bond motifs is 1. The van der Waals surface area contributed by atoms with Crippen molar-refractivity contribution in [2.75, 3.05) is 32.7 Å². The largest absolute Gasteiger partial charge is 0.481 e. The molecule has 0 bridgehead atoms. The van der Waals surface area contributed by atoms with Gasteiger partial charge in [-0.3, -0.25) is 19.3 Å². The molecular formula is C19H19N3O5. The Balaban J connectivity index is 1.75. The van der Waals surface area contributed by atoms with Crippen LogP contribution in [0.4, 0.5) is 5.69 Å². The van der Waals surface area contributed by atoms with Gasteiger partial charge in [-0.15, -0.1) is 0 Å². The molecule has 0 atom stereocenters. The van der Waals surface area contributed by atoms with E-state index < -0.39 is 11.8 Å². The van der Waals surface area contributed by atoms with E-state index >= 15 is 0 Å². The minimum absolute atomic E-state index is 0.234. The Hall–Kier alpha value is -3.26. The lowest BCUT2D eigenvalue weighted by Gasteiger charge is -2.12. The molecular weight excluding hydrogens is 350 g/mol. The molecule has 0 radical (unpaired) electrons. The molecule has 8 heteroatoms. The maximum absolute atomic E-state index is 12.5. The SMILES string of the molecule is COCCCN1C(=O)c2ccc(C(=O)Nc3ccc(OC)nc3)cc2C1=O. The van der Waals surface area contributed by atoms with Gasteiger partial charge < -0.3 is 14.8 Å². The number of ether oxygens (including phenoxy) is 2. The average Bonchev–Trinajstić information content (AvgIpc) is 2.93. The van der Waals surface area contributed by atoms with Gasteiger partial charge in [0.2, 0.25) is 5.88 Å². The summed E-state index contributed by atoms with van der Waals surface area (Å²) in [7, 11) is 3.06. The number of nitrogens with zero attached hydrogens (tertiary/aromatic N) is 2. The first-order valence-electron chi connectivity index (χ1n) is 8.35. The molecule has 0 aliphatic carbocycles. The monoisotopic (exact) mass is 369 g/mol. The van der Waals surface area contributed by atoms with Crippen LogP contribution in [-0.4, -0.2) is 55.0 Å². The van der Waals surface area contributed by atoms with Gasteiger partial charge in [0, 0.05) is 31.9 Å². The molecule has 0 spiro atoms. The van der Waals surface area contributed by atoms with Crippen molar-refractivity contribution in [1.29, 1.82) is 0 Å². The smallest absolute Gasteiger partial charge is 0.261 e. The third-order valence-electron chi connectivity index (χ3n) is 4.17. The molecule has 0 unspecified atom stereocenters. The normalized spacial score (nSPS) is 12.9. The Morgan fingerprint density at radius 1 is 1.11 bits per heavy atom. The number of carbonyl (C=O) groups is 3. The molecule has 27 heavy (non-hydrogen) atoms. The molecule has 0 fully saturated rings. The zero-order chi connectivity index (χ0) is 19.4. The van der Waals surface area contributed by atoms with E-state index in [4.69, 9.17) is 9.47 Å². The Bertz CT molecular complexity index is 879. The topological polar surface area (TPSA) is 97.8 Å². The van der Waals surface area contributed by atoms with E-state index in [0.717, 1.165) is 0 Å². The van der Waals surface area contributed by atoms with E-state index in [-0.39, 0.29) is 23.6 Å². The minimum Gasteiger partial charge on any atom is -0.481 e. The van der Waals surface area contributed by atoms with Crippen LogP contribution >= 0.6 is 0 Å². The van der Waals surface area contributed by atoms with Crippen LogP contribution in [0.2, 0.25) is 0 Å². The zero-order valence-corrected chi connectivity index (χ0v) is 15.0. The van der Waals surface area contributed by atoms with Crippen molar-refractivity contribution in [3.05, 3.63) is 53.2 Å². The number of hydrogen-bond donors (Lipinski definition) is 1. The van der Waals surface area contributed by atoms with E-state index in [0.29, 0.717) is 30.2 Å². The van der Waals surface area contributed by atoms with E-state index in [1.54, 1.807) is 19.2 Å². The van der Waals surface area contributed by atoms with Crippen LogP contribution < -0.4 is 10.1 Å².